The summed E-state index contributed by atoms with van der Waals surface area (Å²) in [5, 5.41) is 6.84. The molecule has 0 spiro atoms. The van der Waals surface area contributed by atoms with Crippen LogP contribution in [0.4, 0.5) is 0 Å². The summed E-state index contributed by atoms with van der Waals surface area (Å²) in [6.07, 6.45) is 3.95. The van der Waals surface area contributed by atoms with Gasteiger partial charge in [0.1, 0.15) is 0 Å². The van der Waals surface area contributed by atoms with Gasteiger partial charge in [0.05, 0.1) is 14.2 Å². The molecule has 0 unspecified atom stereocenters. The van der Waals surface area contributed by atoms with Crippen molar-refractivity contribution >= 4 is 5.96 Å². The van der Waals surface area contributed by atoms with Crippen LogP contribution in [0.1, 0.15) is 38.7 Å². The quantitative estimate of drug-likeness (QED) is 0.577. The molecule has 0 saturated carbocycles. The Kier molecular flexibility index (Phi) is 7.57. The molecule has 1 fully saturated rings. The molecule has 1 aromatic rings. The summed E-state index contributed by atoms with van der Waals surface area (Å²) in [5.74, 6) is 2.28. The molecule has 2 rings (SSSR count). The number of rotatable bonds is 7. The highest BCUT2D eigenvalue weighted by Crippen LogP contribution is 2.30. The summed E-state index contributed by atoms with van der Waals surface area (Å²) in [4.78, 5) is 6.92. The number of para-hydroxylation sites is 1. The number of methoxy groups -OCH3 is 2. The molecule has 146 valence electrons. The van der Waals surface area contributed by atoms with Gasteiger partial charge in [0.15, 0.2) is 17.5 Å². The number of nitrogens with one attached hydrogen (secondary N) is 2. The maximum Gasteiger partial charge on any atom is 0.191 e. The number of likely N-dealkylation sites (tertiary alicyclic amines) is 1. The molecular weight excluding hydrogens is 328 g/mol. The first-order chi connectivity index (χ1) is 12.5. The number of aliphatic imine (C=N–C) groups is 1. The maximum atomic E-state index is 5.49. The number of nitrogens with zero attached hydrogens (tertiary/aromatic N) is 2. The van der Waals surface area contributed by atoms with Crippen LogP contribution in [0.2, 0.25) is 0 Å². The molecule has 0 aromatic heterocycles. The van der Waals surface area contributed by atoms with Crippen molar-refractivity contribution in [1.29, 1.82) is 0 Å². The van der Waals surface area contributed by atoms with E-state index < -0.39 is 0 Å². The van der Waals surface area contributed by atoms with Crippen LogP contribution < -0.4 is 20.1 Å². The van der Waals surface area contributed by atoms with Crippen molar-refractivity contribution in [3.05, 3.63) is 23.8 Å². The highest BCUT2D eigenvalue weighted by atomic mass is 16.5. The van der Waals surface area contributed by atoms with Crippen molar-refractivity contribution in [2.75, 3.05) is 40.9 Å². The van der Waals surface area contributed by atoms with Crippen LogP contribution in [-0.2, 0) is 6.54 Å². The predicted molar refractivity (Wildman–Crippen MR) is 107 cm³/mol. The highest BCUT2D eigenvalue weighted by molar-refractivity contribution is 5.79. The van der Waals surface area contributed by atoms with Crippen molar-refractivity contribution in [2.24, 2.45) is 4.99 Å². The molecule has 6 heteroatoms. The summed E-state index contributed by atoms with van der Waals surface area (Å²) in [7, 11) is 5.11. The third kappa shape index (κ3) is 5.27. The number of hydrogen-bond donors (Lipinski definition) is 2. The Morgan fingerprint density at radius 2 is 1.85 bits per heavy atom. The van der Waals surface area contributed by atoms with Gasteiger partial charge >= 0.3 is 0 Å². The van der Waals surface area contributed by atoms with Crippen LogP contribution >= 0.6 is 0 Å². The monoisotopic (exact) mass is 362 g/mol. The van der Waals surface area contributed by atoms with Gasteiger partial charge in [-0.15, -0.1) is 0 Å². The predicted octanol–water partition coefficient (Wildman–Crippen LogP) is 2.63. The standard InChI is InChI=1S/C20H34N4O2/c1-20(2,24-12-7-6-8-13-24)15-23-19(21-3)22-14-16-10-9-11-17(25-4)18(16)26-5/h9-11H,6-8,12-15H2,1-5H3,(H2,21,22,23). The molecule has 1 aromatic carbocycles. The Hall–Kier alpha value is -1.95. The van der Waals surface area contributed by atoms with Gasteiger partial charge in [0, 0.05) is 31.2 Å². The number of hydrogen-bond acceptors (Lipinski definition) is 4. The largest absolute Gasteiger partial charge is 0.493 e. The van der Waals surface area contributed by atoms with Crippen molar-refractivity contribution in [3.63, 3.8) is 0 Å². The van der Waals surface area contributed by atoms with E-state index in [2.05, 4.69) is 34.4 Å². The Balaban J connectivity index is 1.92. The average Bonchev–Trinajstić information content (AvgIpc) is 2.68. The first-order valence-corrected chi connectivity index (χ1v) is 9.41. The first kappa shape index (κ1) is 20.4. The van der Waals surface area contributed by atoms with Crippen LogP contribution in [0.25, 0.3) is 0 Å². The van der Waals surface area contributed by atoms with Gasteiger partial charge in [-0.2, -0.15) is 0 Å². The van der Waals surface area contributed by atoms with E-state index in [-0.39, 0.29) is 5.54 Å². The second kappa shape index (κ2) is 9.67. The molecule has 26 heavy (non-hydrogen) atoms. The highest BCUT2D eigenvalue weighted by Gasteiger charge is 2.27. The molecule has 0 radical (unpaired) electrons. The van der Waals surface area contributed by atoms with Gasteiger partial charge in [0.25, 0.3) is 0 Å². The van der Waals surface area contributed by atoms with Gasteiger partial charge in [-0.25, -0.2) is 0 Å². The van der Waals surface area contributed by atoms with Gasteiger partial charge in [0.2, 0.25) is 0 Å². The third-order valence-electron chi connectivity index (χ3n) is 5.05. The molecule has 1 aliphatic rings. The van der Waals surface area contributed by atoms with E-state index in [0.717, 1.165) is 29.6 Å². The van der Waals surface area contributed by atoms with Gasteiger partial charge < -0.3 is 20.1 Å². The van der Waals surface area contributed by atoms with Crippen LogP contribution in [0.5, 0.6) is 11.5 Å². The number of benzene rings is 1. The lowest BCUT2D eigenvalue weighted by Crippen LogP contribution is -2.54. The summed E-state index contributed by atoms with van der Waals surface area (Å²) in [6.45, 7) is 8.42. The van der Waals surface area contributed by atoms with E-state index >= 15 is 0 Å². The zero-order valence-corrected chi connectivity index (χ0v) is 16.9. The minimum atomic E-state index is 0.103. The van der Waals surface area contributed by atoms with Crippen LogP contribution in [0, 0.1) is 0 Å². The van der Waals surface area contributed by atoms with E-state index in [9.17, 15) is 0 Å². The molecule has 2 N–H and O–H groups in total. The minimum absolute atomic E-state index is 0.103. The number of guanidine groups is 1. The summed E-state index contributed by atoms with van der Waals surface area (Å²) >= 11 is 0. The summed E-state index contributed by atoms with van der Waals surface area (Å²) < 4.78 is 10.9. The Labute approximate surface area is 158 Å². The first-order valence-electron chi connectivity index (χ1n) is 9.41. The fourth-order valence-electron chi connectivity index (χ4n) is 3.40. The molecule has 1 saturated heterocycles. The van der Waals surface area contributed by atoms with Crippen molar-refractivity contribution in [1.82, 2.24) is 15.5 Å². The molecule has 0 amide bonds. The summed E-state index contributed by atoms with van der Waals surface area (Å²) in [5.41, 5.74) is 1.14. The maximum absolute atomic E-state index is 5.49. The zero-order chi connectivity index (χ0) is 19.0. The van der Waals surface area contributed by atoms with E-state index in [1.54, 1.807) is 21.3 Å². The van der Waals surface area contributed by atoms with Crippen LogP contribution in [0.15, 0.2) is 23.2 Å². The lowest BCUT2D eigenvalue weighted by molar-refractivity contribution is 0.0982. The average molecular weight is 363 g/mol. The zero-order valence-electron chi connectivity index (χ0n) is 16.9. The second-order valence-electron chi connectivity index (χ2n) is 7.29. The Morgan fingerprint density at radius 1 is 1.12 bits per heavy atom. The SMILES string of the molecule is CN=C(NCc1cccc(OC)c1OC)NCC(C)(C)N1CCCCC1. The lowest BCUT2D eigenvalue weighted by atomic mass is 9.98. The smallest absolute Gasteiger partial charge is 0.191 e. The molecule has 0 aliphatic carbocycles. The van der Waals surface area contributed by atoms with Crippen molar-refractivity contribution in [3.8, 4) is 11.5 Å². The molecule has 6 nitrogen and oxygen atoms in total. The molecular formula is C20H34N4O2. The summed E-state index contributed by atoms with van der Waals surface area (Å²) in [6, 6.07) is 5.89. The Bertz CT molecular complexity index is 595. The molecule has 1 heterocycles. The normalized spacial score (nSPS) is 16.3. The Morgan fingerprint density at radius 3 is 2.46 bits per heavy atom. The third-order valence-corrected chi connectivity index (χ3v) is 5.05. The molecule has 1 aliphatic heterocycles. The van der Waals surface area contributed by atoms with E-state index in [4.69, 9.17) is 9.47 Å². The lowest BCUT2D eigenvalue weighted by Gasteiger charge is -2.41. The fraction of sp³-hybridized carbons (Fsp3) is 0.650. The van der Waals surface area contributed by atoms with Gasteiger partial charge in [-0.3, -0.25) is 9.89 Å². The van der Waals surface area contributed by atoms with E-state index in [1.807, 2.05) is 18.2 Å². The molecule has 0 bridgehead atoms. The number of piperidine rings is 1. The van der Waals surface area contributed by atoms with E-state index in [0.29, 0.717) is 6.54 Å². The second-order valence-corrected chi connectivity index (χ2v) is 7.29. The topological polar surface area (TPSA) is 58.1 Å². The van der Waals surface area contributed by atoms with Crippen LogP contribution in [0.3, 0.4) is 0 Å². The fourth-order valence-corrected chi connectivity index (χ4v) is 3.40. The van der Waals surface area contributed by atoms with E-state index in [1.165, 1.54) is 32.4 Å². The number of ether oxygens (including phenoxy) is 2. The van der Waals surface area contributed by atoms with Crippen LogP contribution in [-0.4, -0.2) is 57.3 Å². The minimum Gasteiger partial charge on any atom is -0.493 e. The van der Waals surface area contributed by atoms with Gasteiger partial charge in [-0.1, -0.05) is 18.6 Å². The van der Waals surface area contributed by atoms with Crippen molar-refractivity contribution in [2.45, 2.75) is 45.2 Å². The van der Waals surface area contributed by atoms with Gasteiger partial charge in [-0.05, 0) is 45.8 Å². The van der Waals surface area contributed by atoms with Crippen molar-refractivity contribution < 1.29 is 9.47 Å². The molecule has 0 atom stereocenters.